The molecule has 1 aromatic carbocycles. The number of hydrogen-bond acceptors (Lipinski definition) is 5. The molecule has 2 amide bonds. The predicted molar refractivity (Wildman–Crippen MR) is 118 cm³/mol. The molecule has 1 aliphatic heterocycles. The number of benzene rings is 1. The second kappa shape index (κ2) is 10.4. The minimum Gasteiger partial charge on any atom is -0.353 e. The van der Waals surface area contributed by atoms with Gasteiger partial charge < -0.3 is 10.2 Å². The van der Waals surface area contributed by atoms with E-state index in [1.54, 1.807) is 26.0 Å². The number of sulfonamides is 1. The van der Waals surface area contributed by atoms with Gasteiger partial charge in [-0.05, 0) is 36.9 Å². The molecule has 0 saturated heterocycles. The highest BCUT2D eigenvalue weighted by Gasteiger charge is 2.37. The van der Waals surface area contributed by atoms with E-state index >= 15 is 0 Å². The predicted octanol–water partition coefficient (Wildman–Crippen LogP) is 1.45. The van der Waals surface area contributed by atoms with Crippen LogP contribution in [0.2, 0.25) is 0 Å². The van der Waals surface area contributed by atoms with Gasteiger partial charge in [-0.1, -0.05) is 27.7 Å². The van der Waals surface area contributed by atoms with E-state index in [1.165, 1.54) is 22.2 Å². The van der Waals surface area contributed by atoms with Crippen LogP contribution >= 0.6 is 0 Å². The van der Waals surface area contributed by atoms with Crippen LogP contribution in [0, 0.1) is 0 Å². The summed E-state index contributed by atoms with van der Waals surface area (Å²) in [5.74, 6) is -0.460. The summed E-state index contributed by atoms with van der Waals surface area (Å²) < 4.78 is 27.1. The molecule has 0 radical (unpaired) electrons. The van der Waals surface area contributed by atoms with E-state index in [-0.39, 0.29) is 16.7 Å². The summed E-state index contributed by atoms with van der Waals surface area (Å²) in [4.78, 5) is 29.0. The molecule has 1 aliphatic rings. The zero-order valence-corrected chi connectivity index (χ0v) is 19.5. The number of amides is 2. The normalized spacial score (nSPS) is 16.2. The smallest absolute Gasteiger partial charge is 0.243 e. The van der Waals surface area contributed by atoms with Gasteiger partial charge in [-0.2, -0.15) is 4.31 Å². The number of nitrogens with zero attached hydrogens (tertiary/aromatic N) is 3. The van der Waals surface area contributed by atoms with Crippen molar-refractivity contribution in [3.05, 3.63) is 23.8 Å². The maximum absolute atomic E-state index is 12.8. The van der Waals surface area contributed by atoms with Gasteiger partial charge in [-0.15, -0.1) is 0 Å². The molecule has 1 heterocycles. The number of fused-ring (bicyclic) bond motifs is 1. The fourth-order valence-corrected chi connectivity index (χ4v) is 5.40. The fourth-order valence-electron chi connectivity index (χ4n) is 3.89. The minimum atomic E-state index is -3.60. The molecule has 0 fully saturated rings. The Balaban J connectivity index is 2.23. The van der Waals surface area contributed by atoms with Crippen molar-refractivity contribution in [2.24, 2.45) is 0 Å². The summed E-state index contributed by atoms with van der Waals surface area (Å²) in [6, 6.07) is 4.09. The number of carbonyl (C=O) groups is 2. The number of anilines is 1. The lowest BCUT2D eigenvalue weighted by atomic mass is 10.1. The van der Waals surface area contributed by atoms with Crippen molar-refractivity contribution in [1.29, 1.82) is 0 Å². The molecule has 8 nitrogen and oxygen atoms in total. The van der Waals surface area contributed by atoms with Crippen molar-refractivity contribution in [2.45, 2.75) is 52.0 Å². The number of likely N-dealkylation sites (N-methyl/N-ethyl adjacent to an activating group) is 1. The molecule has 0 aromatic heterocycles. The molecule has 0 spiro atoms. The maximum Gasteiger partial charge on any atom is 0.243 e. The number of carbonyl (C=O) groups excluding carboxylic acids is 2. The molecule has 0 bridgehead atoms. The highest BCUT2D eigenvalue weighted by Crippen LogP contribution is 2.34. The number of rotatable bonds is 10. The molecule has 1 unspecified atom stereocenters. The molecule has 2 rings (SSSR count). The molecule has 0 aliphatic carbocycles. The first kappa shape index (κ1) is 24.3. The van der Waals surface area contributed by atoms with Gasteiger partial charge >= 0.3 is 0 Å². The number of hydrogen-bond donors (Lipinski definition) is 1. The lowest BCUT2D eigenvalue weighted by molar-refractivity contribution is -0.125. The third-order valence-electron chi connectivity index (χ3n) is 5.64. The second-order valence-electron chi connectivity index (χ2n) is 7.31. The molecular weight excluding hydrogens is 404 g/mol. The monoisotopic (exact) mass is 438 g/mol. The Labute approximate surface area is 180 Å². The van der Waals surface area contributed by atoms with Gasteiger partial charge in [-0.3, -0.25) is 14.5 Å². The van der Waals surface area contributed by atoms with Gasteiger partial charge in [0.05, 0.1) is 4.90 Å². The Morgan fingerprint density at radius 3 is 2.27 bits per heavy atom. The summed E-state index contributed by atoms with van der Waals surface area (Å²) in [5, 5.41) is 2.92. The maximum atomic E-state index is 12.8. The first-order valence-electron chi connectivity index (χ1n) is 10.6. The standard InChI is InChI=1S/C21H34N4O4S/c1-6-23(7-2)13-12-22-21(27)20-15-17-14-18(30(28,29)24(8-3)9-4)10-11-19(17)25(20)16(5)26/h10-11,14,20H,6-9,12-13,15H2,1-5H3,(H,22,27). The van der Waals surface area contributed by atoms with Crippen LogP contribution in [0.25, 0.3) is 0 Å². The summed E-state index contributed by atoms with van der Waals surface area (Å²) >= 11 is 0. The van der Waals surface area contributed by atoms with E-state index < -0.39 is 16.1 Å². The summed E-state index contributed by atoms with van der Waals surface area (Å²) in [5.41, 5.74) is 1.30. The van der Waals surface area contributed by atoms with Crippen LogP contribution in [-0.4, -0.2) is 74.7 Å². The van der Waals surface area contributed by atoms with E-state index in [9.17, 15) is 18.0 Å². The van der Waals surface area contributed by atoms with E-state index in [2.05, 4.69) is 24.1 Å². The van der Waals surface area contributed by atoms with Crippen molar-refractivity contribution in [3.8, 4) is 0 Å². The van der Waals surface area contributed by atoms with Crippen LogP contribution in [0.15, 0.2) is 23.1 Å². The summed E-state index contributed by atoms with van der Waals surface area (Å²) in [6.07, 6.45) is 0.299. The molecule has 1 atom stereocenters. The average molecular weight is 439 g/mol. The Kier molecular flexibility index (Phi) is 8.40. The number of nitrogens with one attached hydrogen (secondary N) is 1. The fraction of sp³-hybridized carbons (Fsp3) is 0.619. The largest absolute Gasteiger partial charge is 0.353 e. The quantitative estimate of drug-likeness (QED) is 0.597. The minimum absolute atomic E-state index is 0.191. The third kappa shape index (κ3) is 5.01. The first-order valence-corrected chi connectivity index (χ1v) is 12.1. The van der Waals surface area contributed by atoms with Gasteiger partial charge in [-0.25, -0.2) is 8.42 Å². The van der Waals surface area contributed by atoms with Gasteiger partial charge in [0.25, 0.3) is 0 Å². The van der Waals surface area contributed by atoms with E-state index in [1.807, 2.05) is 0 Å². The Morgan fingerprint density at radius 2 is 1.73 bits per heavy atom. The summed E-state index contributed by atoms with van der Waals surface area (Å²) in [6.45, 7) is 13.0. The van der Waals surface area contributed by atoms with Crippen molar-refractivity contribution < 1.29 is 18.0 Å². The van der Waals surface area contributed by atoms with Crippen molar-refractivity contribution in [1.82, 2.24) is 14.5 Å². The van der Waals surface area contributed by atoms with Crippen LogP contribution in [0.1, 0.15) is 40.2 Å². The second-order valence-corrected chi connectivity index (χ2v) is 9.24. The zero-order valence-electron chi connectivity index (χ0n) is 18.6. The first-order chi connectivity index (χ1) is 14.2. The summed E-state index contributed by atoms with van der Waals surface area (Å²) in [7, 11) is -3.60. The van der Waals surface area contributed by atoms with Crippen LogP contribution in [0.3, 0.4) is 0 Å². The van der Waals surface area contributed by atoms with Gasteiger partial charge in [0.15, 0.2) is 0 Å². The van der Waals surface area contributed by atoms with Gasteiger partial charge in [0.1, 0.15) is 6.04 Å². The lowest BCUT2D eigenvalue weighted by Gasteiger charge is -2.24. The lowest BCUT2D eigenvalue weighted by Crippen LogP contribution is -2.48. The van der Waals surface area contributed by atoms with E-state index in [4.69, 9.17) is 0 Å². The van der Waals surface area contributed by atoms with Crippen LogP contribution in [0.4, 0.5) is 5.69 Å². The van der Waals surface area contributed by atoms with Crippen LogP contribution in [-0.2, 0) is 26.0 Å². The molecule has 1 aromatic rings. The molecule has 30 heavy (non-hydrogen) atoms. The Bertz CT molecular complexity index is 864. The third-order valence-corrected chi connectivity index (χ3v) is 7.69. The highest BCUT2D eigenvalue weighted by atomic mass is 32.2. The molecule has 0 saturated carbocycles. The van der Waals surface area contributed by atoms with Gasteiger partial charge in [0.2, 0.25) is 21.8 Å². The Hall–Kier alpha value is -1.97. The van der Waals surface area contributed by atoms with Crippen LogP contribution in [0.5, 0.6) is 0 Å². The van der Waals surface area contributed by atoms with Crippen LogP contribution < -0.4 is 10.2 Å². The van der Waals surface area contributed by atoms with Crippen molar-refractivity contribution in [2.75, 3.05) is 44.2 Å². The Morgan fingerprint density at radius 1 is 1.10 bits per heavy atom. The topological polar surface area (TPSA) is 90.0 Å². The highest BCUT2D eigenvalue weighted by molar-refractivity contribution is 7.89. The van der Waals surface area contributed by atoms with E-state index in [0.717, 1.165) is 19.6 Å². The molecule has 9 heteroatoms. The van der Waals surface area contributed by atoms with Crippen molar-refractivity contribution >= 4 is 27.5 Å². The van der Waals surface area contributed by atoms with Crippen molar-refractivity contribution in [3.63, 3.8) is 0 Å². The molecular formula is C21H34N4O4S. The average Bonchev–Trinajstić information content (AvgIpc) is 3.11. The molecule has 1 N–H and O–H groups in total. The van der Waals surface area contributed by atoms with Gasteiger partial charge in [0, 0.05) is 45.2 Å². The zero-order chi connectivity index (χ0) is 22.5. The SMILES string of the molecule is CCN(CC)CCNC(=O)C1Cc2cc(S(=O)(=O)N(CC)CC)ccc2N1C(C)=O. The van der Waals surface area contributed by atoms with E-state index in [0.29, 0.717) is 37.3 Å². The molecule has 168 valence electrons.